The molecule has 0 saturated heterocycles. The standard InChI is InChI=1S/C14H19BrN2O3/c1-3-14(4-2,13(19)20)8-17-10-7-5-6-9(15)11(10)12(16)18/h5-7,17H,3-4,8H2,1-2H3,(H2,16,18)(H,19,20). The average Bonchev–Trinajstić information content (AvgIpc) is 2.39. The highest BCUT2D eigenvalue weighted by molar-refractivity contribution is 9.10. The molecule has 0 radical (unpaired) electrons. The van der Waals surface area contributed by atoms with Crippen LogP contribution in [0.5, 0.6) is 0 Å². The summed E-state index contributed by atoms with van der Waals surface area (Å²) < 4.78 is 0.587. The molecule has 1 rings (SSSR count). The van der Waals surface area contributed by atoms with Crippen molar-refractivity contribution in [1.29, 1.82) is 0 Å². The highest BCUT2D eigenvalue weighted by atomic mass is 79.9. The maximum absolute atomic E-state index is 11.5. The van der Waals surface area contributed by atoms with Crippen LogP contribution >= 0.6 is 15.9 Å². The summed E-state index contributed by atoms with van der Waals surface area (Å²) in [4.78, 5) is 22.9. The van der Waals surface area contributed by atoms with Crippen LogP contribution in [0.1, 0.15) is 37.0 Å². The SMILES string of the molecule is CCC(CC)(CNc1cccc(Br)c1C(N)=O)C(=O)O. The summed E-state index contributed by atoms with van der Waals surface area (Å²) in [7, 11) is 0. The van der Waals surface area contributed by atoms with E-state index >= 15 is 0 Å². The van der Waals surface area contributed by atoms with Crippen molar-refractivity contribution in [2.24, 2.45) is 11.1 Å². The third-order valence-electron chi connectivity index (χ3n) is 3.68. The molecule has 0 heterocycles. The van der Waals surface area contributed by atoms with Gasteiger partial charge in [0, 0.05) is 16.7 Å². The van der Waals surface area contributed by atoms with Gasteiger partial charge in [-0.25, -0.2) is 0 Å². The van der Waals surface area contributed by atoms with Gasteiger partial charge in [0.15, 0.2) is 0 Å². The van der Waals surface area contributed by atoms with E-state index in [1.165, 1.54) is 0 Å². The predicted molar refractivity (Wildman–Crippen MR) is 81.8 cm³/mol. The normalized spacial score (nSPS) is 11.2. The van der Waals surface area contributed by atoms with Crippen LogP contribution in [0.2, 0.25) is 0 Å². The third kappa shape index (κ3) is 3.30. The Morgan fingerprint density at radius 2 is 1.95 bits per heavy atom. The van der Waals surface area contributed by atoms with Crippen molar-refractivity contribution in [2.75, 3.05) is 11.9 Å². The first-order valence-corrected chi connectivity index (χ1v) is 7.22. The second kappa shape index (κ2) is 6.74. The molecule has 6 heteroatoms. The van der Waals surface area contributed by atoms with Gasteiger partial charge >= 0.3 is 5.97 Å². The Kier molecular flexibility index (Phi) is 5.56. The Labute approximate surface area is 126 Å². The first-order chi connectivity index (χ1) is 9.38. The van der Waals surface area contributed by atoms with E-state index in [0.717, 1.165) is 0 Å². The molecule has 0 saturated carbocycles. The van der Waals surface area contributed by atoms with Gasteiger partial charge in [0.05, 0.1) is 11.0 Å². The number of nitrogens with one attached hydrogen (secondary N) is 1. The fraction of sp³-hybridized carbons (Fsp3) is 0.429. The van der Waals surface area contributed by atoms with Gasteiger partial charge in [0.2, 0.25) is 0 Å². The largest absolute Gasteiger partial charge is 0.481 e. The van der Waals surface area contributed by atoms with Crippen molar-refractivity contribution in [3.8, 4) is 0 Å². The maximum atomic E-state index is 11.5. The van der Waals surface area contributed by atoms with E-state index in [1.807, 2.05) is 13.8 Å². The van der Waals surface area contributed by atoms with Crippen LogP contribution in [0.25, 0.3) is 0 Å². The number of aliphatic carboxylic acids is 1. The number of hydrogen-bond acceptors (Lipinski definition) is 3. The Bertz CT molecular complexity index is 513. The van der Waals surface area contributed by atoms with Gasteiger partial charge in [-0.1, -0.05) is 19.9 Å². The number of halogens is 1. The Morgan fingerprint density at radius 1 is 1.35 bits per heavy atom. The van der Waals surface area contributed by atoms with Crippen LogP contribution in [-0.4, -0.2) is 23.5 Å². The lowest BCUT2D eigenvalue weighted by Crippen LogP contribution is -2.37. The fourth-order valence-electron chi connectivity index (χ4n) is 2.06. The number of carbonyl (C=O) groups is 2. The average molecular weight is 343 g/mol. The van der Waals surface area contributed by atoms with Gasteiger partial charge in [-0.2, -0.15) is 0 Å². The van der Waals surface area contributed by atoms with Crippen LogP contribution in [0.4, 0.5) is 5.69 Å². The number of rotatable bonds is 7. The Morgan fingerprint density at radius 3 is 2.40 bits per heavy atom. The van der Waals surface area contributed by atoms with Gasteiger partial charge in [-0.15, -0.1) is 0 Å². The minimum absolute atomic E-state index is 0.242. The molecule has 1 amide bonds. The van der Waals surface area contributed by atoms with E-state index in [4.69, 9.17) is 5.73 Å². The van der Waals surface area contributed by atoms with Crippen molar-refractivity contribution in [3.63, 3.8) is 0 Å². The van der Waals surface area contributed by atoms with Crippen LogP contribution in [0, 0.1) is 5.41 Å². The van der Waals surface area contributed by atoms with E-state index in [-0.39, 0.29) is 6.54 Å². The Hall–Kier alpha value is -1.56. The molecule has 0 spiro atoms. The molecule has 0 unspecified atom stereocenters. The van der Waals surface area contributed by atoms with E-state index in [2.05, 4.69) is 21.2 Å². The molecule has 0 fully saturated rings. The molecule has 0 aromatic heterocycles. The molecule has 0 aliphatic rings. The van der Waals surface area contributed by atoms with Gasteiger partial charge in [0.1, 0.15) is 0 Å². The maximum Gasteiger partial charge on any atom is 0.311 e. The molecule has 0 bridgehead atoms. The van der Waals surface area contributed by atoms with Gasteiger partial charge in [-0.05, 0) is 40.9 Å². The monoisotopic (exact) mass is 342 g/mol. The van der Waals surface area contributed by atoms with Crippen LogP contribution in [0.15, 0.2) is 22.7 Å². The zero-order chi connectivity index (χ0) is 15.3. The highest BCUT2D eigenvalue weighted by Crippen LogP contribution is 2.30. The lowest BCUT2D eigenvalue weighted by Gasteiger charge is -2.27. The molecule has 110 valence electrons. The lowest BCUT2D eigenvalue weighted by molar-refractivity contribution is -0.148. The van der Waals surface area contributed by atoms with E-state index < -0.39 is 17.3 Å². The quantitative estimate of drug-likeness (QED) is 0.710. The molecule has 0 aliphatic heterocycles. The van der Waals surface area contributed by atoms with E-state index in [1.54, 1.807) is 18.2 Å². The fourth-order valence-corrected chi connectivity index (χ4v) is 2.63. The van der Waals surface area contributed by atoms with Crippen LogP contribution in [0.3, 0.4) is 0 Å². The second-order valence-electron chi connectivity index (χ2n) is 4.67. The summed E-state index contributed by atoms with van der Waals surface area (Å²) in [6, 6.07) is 5.19. The summed E-state index contributed by atoms with van der Waals surface area (Å²) in [5.41, 5.74) is 5.38. The topological polar surface area (TPSA) is 92.4 Å². The summed E-state index contributed by atoms with van der Waals surface area (Å²) in [5.74, 6) is -1.40. The number of carboxylic acids is 1. The minimum atomic E-state index is -0.850. The Balaban J connectivity index is 3.03. The summed E-state index contributed by atoms with van der Waals surface area (Å²) in [6.07, 6.45) is 1.01. The minimum Gasteiger partial charge on any atom is -0.481 e. The zero-order valence-electron chi connectivity index (χ0n) is 11.6. The number of hydrogen-bond donors (Lipinski definition) is 3. The van der Waals surface area contributed by atoms with Gasteiger partial charge in [0.25, 0.3) is 5.91 Å². The molecule has 1 aromatic rings. The summed E-state index contributed by atoms with van der Waals surface area (Å²) >= 11 is 3.27. The van der Waals surface area contributed by atoms with Crippen molar-refractivity contribution in [2.45, 2.75) is 26.7 Å². The summed E-state index contributed by atoms with van der Waals surface area (Å²) in [5, 5.41) is 12.4. The number of amides is 1. The number of primary amides is 1. The number of benzene rings is 1. The third-order valence-corrected chi connectivity index (χ3v) is 4.35. The van der Waals surface area contributed by atoms with Crippen LogP contribution < -0.4 is 11.1 Å². The van der Waals surface area contributed by atoms with Crippen molar-refractivity contribution >= 4 is 33.5 Å². The van der Waals surface area contributed by atoms with Gasteiger partial charge in [-0.3, -0.25) is 9.59 Å². The molecule has 4 N–H and O–H groups in total. The van der Waals surface area contributed by atoms with Crippen molar-refractivity contribution in [1.82, 2.24) is 0 Å². The van der Waals surface area contributed by atoms with E-state index in [9.17, 15) is 14.7 Å². The predicted octanol–water partition coefficient (Wildman–Crippen LogP) is 2.85. The lowest BCUT2D eigenvalue weighted by atomic mass is 9.82. The zero-order valence-corrected chi connectivity index (χ0v) is 13.2. The van der Waals surface area contributed by atoms with Crippen molar-refractivity contribution in [3.05, 3.63) is 28.2 Å². The first kappa shape index (κ1) is 16.5. The number of nitrogens with two attached hydrogens (primary N) is 1. The molecule has 0 aliphatic carbocycles. The molecular weight excluding hydrogens is 324 g/mol. The summed E-state index contributed by atoms with van der Waals surface area (Å²) in [6.45, 7) is 3.93. The van der Waals surface area contributed by atoms with Crippen LogP contribution in [-0.2, 0) is 4.79 Å². The highest BCUT2D eigenvalue weighted by Gasteiger charge is 2.34. The van der Waals surface area contributed by atoms with Crippen molar-refractivity contribution < 1.29 is 14.7 Å². The number of anilines is 1. The molecule has 0 atom stereocenters. The number of carbonyl (C=O) groups excluding carboxylic acids is 1. The van der Waals surface area contributed by atoms with E-state index in [0.29, 0.717) is 28.6 Å². The molecule has 20 heavy (non-hydrogen) atoms. The molecule has 5 nitrogen and oxygen atoms in total. The smallest absolute Gasteiger partial charge is 0.311 e. The molecule has 1 aromatic carbocycles. The second-order valence-corrected chi connectivity index (χ2v) is 5.53. The molecular formula is C14H19BrN2O3. The van der Waals surface area contributed by atoms with Gasteiger partial charge < -0.3 is 16.2 Å². The first-order valence-electron chi connectivity index (χ1n) is 6.43. The number of carboxylic acid groups (broad SMARTS) is 1.